The Bertz CT molecular complexity index is 419. The smallest absolute Gasteiger partial charge is 0.295 e. The normalized spacial score (nSPS) is 11.5. The van der Waals surface area contributed by atoms with Crippen LogP contribution in [0.1, 0.15) is 13.3 Å². The number of ether oxygens (including phenoxy) is 1. The van der Waals surface area contributed by atoms with Crippen molar-refractivity contribution in [2.75, 3.05) is 12.4 Å². The number of aromatic nitrogens is 2. The first kappa shape index (κ1) is 11.1. The van der Waals surface area contributed by atoms with Crippen LogP contribution in [0.5, 0.6) is 5.75 Å². The predicted molar refractivity (Wildman–Crippen MR) is 57.9 cm³/mol. The number of terminal acetylenes is 1. The summed E-state index contributed by atoms with van der Waals surface area (Å²) < 4.78 is 4.93. The fourth-order valence-corrected chi connectivity index (χ4v) is 1.14. The molecule has 15 heavy (non-hydrogen) atoms. The van der Waals surface area contributed by atoms with Gasteiger partial charge in [0.2, 0.25) is 5.75 Å². The van der Waals surface area contributed by atoms with Crippen molar-refractivity contribution in [2.24, 2.45) is 0 Å². The van der Waals surface area contributed by atoms with Crippen molar-refractivity contribution in [1.29, 1.82) is 0 Å². The van der Waals surface area contributed by atoms with Crippen LogP contribution < -0.4 is 15.6 Å². The Morgan fingerprint density at radius 3 is 3.13 bits per heavy atom. The van der Waals surface area contributed by atoms with Crippen molar-refractivity contribution in [3.8, 4) is 18.1 Å². The maximum atomic E-state index is 11.3. The van der Waals surface area contributed by atoms with Crippen molar-refractivity contribution in [3.63, 3.8) is 0 Å². The number of nitrogens with one attached hydrogen (secondary N) is 2. The summed E-state index contributed by atoms with van der Waals surface area (Å²) in [7, 11) is 1.42. The molecule has 0 aromatic carbocycles. The van der Waals surface area contributed by atoms with E-state index < -0.39 is 0 Å². The van der Waals surface area contributed by atoms with Gasteiger partial charge in [0.15, 0.2) is 5.82 Å². The lowest BCUT2D eigenvalue weighted by atomic mass is 10.2. The van der Waals surface area contributed by atoms with Gasteiger partial charge in [0.05, 0.1) is 13.4 Å². The molecule has 5 nitrogen and oxygen atoms in total. The van der Waals surface area contributed by atoms with E-state index in [1.54, 1.807) is 0 Å². The molecular formula is C10H13N3O2. The number of hydrogen-bond donors (Lipinski definition) is 2. The molecule has 1 unspecified atom stereocenters. The van der Waals surface area contributed by atoms with E-state index in [0.29, 0.717) is 12.2 Å². The highest BCUT2D eigenvalue weighted by Crippen LogP contribution is 2.15. The Hall–Kier alpha value is -1.96. The summed E-state index contributed by atoms with van der Waals surface area (Å²) >= 11 is 0. The Labute approximate surface area is 87.9 Å². The van der Waals surface area contributed by atoms with Crippen LogP contribution in [0.3, 0.4) is 0 Å². The van der Waals surface area contributed by atoms with Crippen LogP contribution in [0.2, 0.25) is 0 Å². The average Bonchev–Trinajstić information content (AvgIpc) is 2.18. The van der Waals surface area contributed by atoms with Gasteiger partial charge in [-0.15, -0.1) is 12.3 Å². The molecule has 0 spiro atoms. The van der Waals surface area contributed by atoms with Gasteiger partial charge in [-0.1, -0.05) is 0 Å². The third-order valence-electron chi connectivity index (χ3n) is 1.82. The molecule has 1 aromatic rings. The van der Waals surface area contributed by atoms with Crippen LogP contribution in [0.25, 0.3) is 0 Å². The van der Waals surface area contributed by atoms with Crippen LogP contribution in [0.15, 0.2) is 11.1 Å². The van der Waals surface area contributed by atoms with Gasteiger partial charge in [-0.2, -0.15) is 0 Å². The first-order chi connectivity index (χ1) is 7.19. The predicted octanol–water partition coefficient (Wildman–Crippen LogP) is 0.602. The zero-order valence-corrected chi connectivity index (χ0v) is 8.70. The molecule has 5 heteroatoms. The Morgan fingerprint density at radius 2 is 2.53 bits per heavy atom. The number of aromatic amines is 1. The highest BCUT2D eigenvalue weighted by molar-refractivity contribution is 5.48. The van der Waals surface area contributed by atoms with Crippen LogP contribution >= 0.6 is 0 Å². The standard InChI is InChI=1S/C10H13N3O2/c1-4-5-7(2)13-9-8(15-3)10(14)12-6-11-9/h1,6-7H,5H2,2-3H3,(H2,11,12,13,14). The minimum atomic E-state index is -0.317. The summed E-state index contributed by atoms with van der Waals surface area (Å²) in [6, 6.07) is 0.0400. The molecule has 0 fully saturated rings. The zero-order valence-electron chi connectivity index (χ0n) is 8.70. The van der Waals surface area contributed by atoms with E-state index in [1.165, 1.54) is 13.4 Å². The van der Waals surface area contributed by atoms with Crippen LogP contribution in [-0.2, 0) is 0 Å². The molecule has 1 heterocycles. The SMILES string of the molecule is C#CCC(C)Nc1nc[nH]c(=O)c1OC. The quantitative estimate of drug-likeness (QED) is 0.709. The monoisotopic (exact) mass is 207 g/mol. The first-order valence-corrected chi connectivity index (χ1v) is 4.50. The third-order valence-corrected chi connectivity index (χ3v) is 1.82. The second kappa shape index (κ2) is 5.05. The second-order valence-corrected chi connectivity index (χ2v) is 3.07. The van der Waals surface area contributed by atoms with Crippen molar-refractivity contribution in [2.45, 2.75) is 19.4 Å². The fraction of sp³-hybridized carbons (Fsp3) is 0.400. The van der Waals surface area contributed by atoms with Gasteiger partial charge < -0.3 is 15.0 Å². The molecule has 1 rings (SSSR count). The molecular weight excluding hydrogens is 194 g/mol. The van der Waals surface area contributed by atoms with Crippen LogP contribution in [0, 0.1) is 12.3 Å². The first-order valence-electron chi connectivity index (χ1n) is 4.50. The lowest BCUT2D eigenvalue weighted by Crippen LogP contribution is -2.19. The molecule has 0 bridgehead atoms. The molecule has 0 aliphatic carbocycles. The Kier molecular flexibility index (Phi) is 3.75. The van der Waals surface area contributed by atoms with Crippen LogP contribution in [-0.4, -0.2) is 23.1 Å². The van der Waals surface area contributed by atoms with Gasteiger partial charge in [-0.3, -0.25) is 4.79 Å². The number of rotatable bonds is 4. The number of anilines is 1. The van der Waals surface area contributed by atoms with E-state index >= 15 is 0 Å². The van der Waals surface area contributed by atoms with Gasteiger partial charge in [0, 0.05) is 12.5 Å². The molecule has 0 radical (unpaired) electrons. The van der Waals surface area contributed by atoms with E-state index in [1.807, 2.05) is 6.92 Å². The molecule has 2 N–H and O–H groups in total. The number of H-pyrrole nitrogens is 1. The minimum Gasteiger partial charge on any atom is -0.489 e. The maximum absolute atomic E-state index is 11.3. The van der Waals surface area contributed by atoms with E-state index in [9.17, 15) is 4.79 Å². The Balaban J connectivity index is 2.90. The van der Waals surface area contributed by atoms with E-state index in [0.717, 1.165) is 0 Å². The van der Waals surface area contributed by atoms with Gasteiger partial charge >= 0.3 is 0 Å². The lowest BCUT2D eigenvalue weighted by molar-refractivity contribution is 0.407. The van der Waals surface area contributed by atoms with Crippen molar-refractivity contribution in [1.82, 2.24) is 9.97 Å². The van der Waals surface area contributed by atoms with Crippen LogP contribution in [0.4, 0.5) is 5.82 Å². The maximum Gasteiger partial charge on any atom is 0.295 e. The molecule has 80 valence electrons. The van der Waals surface area contributed by atoms with E-state index in [4.69, 9.17) is 11.2 Å². The molecule has 0 saturated carbocycles. The summed E-state index contributed by atoms with van der Waals surface area (Å²) in [5, 5.41) is 3.00. The van der Waals surface area contributed by atoms with E-state index in [-0.39, 0.29) is 17.4 Å². The largest absolute Gasteiger partial charge is 0.489 e. The third kappa shape index (κ3) is 2.74. The van der Waals surface area contributed by atoms with Gasteiger partial charge in [-0.25, -0.2) is 4.98 Å². The molecule has 0 aliphatic rings. The fourth-order valence-electron chi connectivity index (χ4n) is 1.14. The lowest BCUT2D eigenvalue weighted by Gasteiger charge is -2.13. The number of nitrogens with zero attached hydrogens (tertiary/aromatic N) is 1. The van der Waals surface area contributed by atoms with Crippen molar-refractivity contribution >= 4 is 5.82 Å². The van der Waals surface area contributed by atoms with Gasteiger partial charge in [0.25, 0.3) is 5.56 Å². The second-order valence-electron chi connectivity index (χ2n) is 3.07. The minimum absolute atomic E-state index is 0.0400. The summed E-state index contributed by atoms with van der Waals surface area (Å²) in [6.07, 6.45) is 7.04. The van der Waals surface area contributed by atoms with Crippen molar-refractivity contribution in [3.05, 3.63) is 16.7 Å². The summed E-state index contributed by atoms with van der Waals surface area (Å²) in [5.74, 6) is 3.10. The molecule has 1 aromatic heterocycles. The average molecular weight is 207 g/mol. The summed E-state index contributed by atoms with van der Waals surface area (Å²) in [4.78, 5) is 17.7. The van der Waals surface area contributed by atoms with Gasteiger partial charge in [0.1, 0.15) is 0 Å². The number of hydrogen-bond acceptors (Lipinski definition) is 4. The van der Waals surface area contributed by atoms with E-state index in [2.05, 4.69) is 21.2 Å². The number of methoxy groups -OCH3 is 1. The molecule has 0 amide bonds. The Morgan fingerprint density at radius 1 is 1.80 bits per heavy atom. The van der Waals surface area contributed by atoms with Crippen molar-refractivity contribution < 1.29 is 4.74 Å². The zero-order chi connectivity index (χ0) is 11.3. The summed E-state index contributed by atoms with van der Waals surface area (Å²) in [6.45, 7) is 1.90. The topological polar surface area (TPSA) is 67.0 Å². The highest BCUT2D eigenvalue weighted by Gasteiger charge is 2.10. The molecule has 0 aliphatic heterocycles. The molecule has 0 saturated heterocycles. The summed E-state index contributed by atoms with van der Waals surface area (Å²) in [5.41, 5.74) is -0.317. The molecule has 1 atom stereocenters. The highest BCUT2D eigenvalue weighted by atomic mass is 16.5. The van der Waals surface area contributed by atoms with Gasteiger partial charge in [-0.05, 0) is 6.92 Å².